The fourth-order valence-electron chi connectivity index (χ4n) is 4.63. The van der Waals surface area contributed by atoms with Gasteiger partial charge in [-0.1, -0.05) is 91.7 Å². The van der Waals surface area contributed by atoms with Gasteiger partial charge in [0.2, 0.25) is 0 Å². The Labute approximate surface area is 210 Å². The first-order chi connectivity index (χ1) is 16.6. The van der Waals surface area contributed by atoms with E-state index in [9.17, 15) is 0 Å². The molecule has 0 fully saturated rings. The van der Waals surface area contributed by atoms with Gasteiger partial charge in [-0.15, -0.1) is 0 Å². The molecule has 34 heavy (non-hydrogen) atoms. The summed E-state index contributed by atoms with van der Waals surface area (Å²) in [5, 5.41) is 0. The summed E-state index contributed by atoms with van der Waals surface area (Å²) in [7, 11) is 0. The van der Waals surface area contributed by atoms with E-state index in [1.54, 1.807) is 0 Å². The number of nitrogens with zero attached hydrogens (tertiary/aromatic N) is 2. The molecule has 2 nitrogen and oxygen atoms in total. The minimum atomic E-state index is 0.989. The number of hydrogen-bond donors (Lipinski definition) is 0. The van der Waals surface area contributed by atoms with Crippen molar-refractivity contribution in [3.8, 4) is 0 Å². The maximum Gasteiger partial charge on any atom is 0.0636 e. The number of hydrogen-bond acceptors (Lipinski definition) is 2. The maximum absolute atomic E-state index is 5.06. The van der Waals surface area contributed by atoms with Crippen LogP contribution < -0.4 is 0 Å². The molecule has 2 heteroatoms. The zero-order chi connectivity index (χ0) is 24.6. The molecule has 0 heterocycles. The molecule has 0 spiro atoms. The fraction of sp³-hybridized carbons (Fsp3) is 0.562. The molecule has 0 aliphatic rings. The minimum absolute atomic E-state index is 0.989. The number of benzene rings is 2. The molecule has 0 aliphatic carbocycles. The summed E-state index contributed by atoms with van der Waals surface area (Å²) in [6.07, 6.45) is 17.9. The van der Waals surface area contributed by atoms with Crippen molar-refractivity contribution in [2.75, 3.05) is 0 Å². The van der Waals surface area contributed by atoms with E-state index in [0.717, 1.165) is 49.2 Å². The van der Waals surface area contributed by atoms with Crippen molar-refractivity contribution in [1.29, 1.82) is 0 Å². The van der Waals surface area contributed by atoms with Crippen LogP contribution in [0.3, 0.4) is 0 Å². The number of aryl methyl sites for hydroxylation is 4. The lowest BCUT2D eigenvalue weighted by Crippen LogP contribution is -2.00. The van der Waals surface area contributed by atoms with Gasteiger partial charge in [0.15, 0.2) is 0 Å². The average Bonchev–Trinajstić information content (AvgIpc) is 2.88. The molecule has 0 saturated carbocycles. The van der Waals surface area contributed by atoms with Gasteiger partial charge in [0.25, 0.3) is 0 Å². The second-order valence-corrected chi connectivity index (χ2v) is 9.41. The summed E-state index contributed by atoms with van der Waals surface area (Å²) in [5.41, 5.74) is 8.87. The molecule has 0 aliphatic heterocycles. The summed E-state index contributed by atoms with van der Waals surface area (Å²) in [6.45, 7) is 11.2. The van der Waals surface area contributed by atoms with E-state index in [0.29, 0.717) is 0 Å². The van der Waals surface area contributed by atoms with Crippen LogP contribution in [-0.2, 0) is 25.7 Å². The molecule has 2 aromatic carbocycles. The summed E-state index contributed by atoms with van der Waals surface area (Å²) in [4.78, 5) is 9.92. The van der Waals surface area contributed by atoms with Gasteiger partial charge < -0.3 is 0 Å². The van der Waals surface area contributed by atoms with Gasteiger partial charge in [-0.05, 0) is 85.0 Å². The highest BCUT2D eigenvalue weighted by atomic mass is 14.8. The molecule has 0 radical (unpaired) electrons. The predicted molar refractivity (Wildman–Crippen MR) is 153 cm³/mol. The van der Waals surface area contributed by atoms with Gasteiger partial charge in [0.1, 0.15) is 0 Å². The van der Waals surface area contributed by atoms with Crippen LogP contribution in [-0.4, -0.2) is 11.9 Å². The standard InChI is InChI=1S/C32H48N2/c1-6-11-12-13-14-15-16-17-18-32(34-31-22-20-27(8-3)29(10-5)24-31)25-33-30-21-19-26(7-2)28(9-4)23-30/h19-25H,6-18H2,1-5H3. The maximum atomic E-state index is 5.06. The zero-order valence-electron chi connectivity index (χ0n) is 22.6. The molecule has 0 saturated heterocycles. The molecule has 2 aromatic rings. The van der Waals surface area contributed by atoms with Crippen molar-refractivity contribution >= 4 is 23.3 Å². The molecule has 0 unspecified atom stereocenters. The Bertz CT molecular complexity index is 907. The van der Waals surface area contributed by atoms with Crippen LogP contribution in [0, 0.1) is 0 Å². The normalized spacial score (nSPS) is 12.1. The second kappa shape index (κ2) is 16.4. The monoisotopic (exact) mass is 460 g/mol. The van der Waals surface area contributed by atoms with Crippen LogP contribution in [0.1, 0.15) is 115 Å². The molecule has 0 aromatic heterocycles. The summed E-state index contributed by atoms with van der Waals surface area (Å²) < 4.78 is 0. The van der Waals surface area contributed by atoms with E-state index >= 15 is 0 Å². The molecule has 0 bridgehead atoms. The van der Waals surface area contributed by atoms with Gasteiger partial charge in [-0.3, -0.25) is 9.98 Å². The number of unbranched alkanes of at least 4 members (excludes halogenated alkanes) is 7. The largest absolute Gasteiger partial charge is 0.255 e. The zero-order valence-corrected chi connectivity index (χ0v) is 22.6. The topological polar surface area (TPSA) is 24.7 Å². The van der Waals surface area contributed by atoms with Gasteiger partial charge in [-0.2, -0.15) is 0 Å². The van der Waals surface area contributed by atoms with Crippen molar-refractivity contribution in [3.05, 3.63) is 58.7 Å². The quantitative estimate of drug-likeness (QED) is 0.176. The third-order valence-electron chi connectivity index (χ3n) is 6.83. The van der Waals surface area contributed by atoms with Crippen molar-refractivity contribution in [1.82, 2.24) is 0 Å². The van der Waals surface area contributed by atoms with Gasteiger partial charge >= 0.3 is 0 Å². The third-order valence-corrected chi connectivity index (χ3v) is 6.83. The molecular formula is C32H48N2. The van der Waals surface area contributed by atoms with E-state index < -0.39 is 0 Å². The Morgan fingerprint density at radius 2 is 1.09 bits per heavy atom. The van der Waals surface area contributed by atoms with Crippen LogP contribution in [0.15, 0.2) is 46.4 Å². The lowest BCUT2D eigenvalue weighted by atomic mass is 10.0. The molecule has 2 rings (SSSR count). The first kappa shape index (κ1) is 28.0. The minimum Gasteiger partial charge on any atom is -0.255 e. The highest BCUT2D eigenvalue weighted by Crippen LogP contribution is 2.22. The van der Waals surface area contributed by atoms with Crippen LogP contribution >= 0.6 is 0 Å². The Morgan fingerprint density at radius 1 is 0.588 bits per heavy atom. The van der Waals surface area contributed by atoms with E-state index in [4.69, 9.17) is 9.98 Å². The molecule has 186 valence electrons. The Hall–Kier alpha value is -2.22. The molecule has 0 atom stereocenters. The SMILES string of the molecule is CCCCCCCCCCC(C=Nc1ccc(CC)c(CC)c1)=Nc1ccc(CC)c(CC)c1. The van der Waals surface area contributed by atoms with Crippen molar-refractivity contribution in [3.63, 3.8) is 0 Å². The Kier molecular flexibility index (Phi) is 13.5. The predicted octanol–water partition coefficient (Wildman–Crippen LogP) is 9.94. The molecule has 0 amide bonds. The smallest absolute Gasteiger partial charge is 0.0636 e. The average molecular weight is 461 g/mol. The Balaban J connectivity index is 2.13. The second-order valence-electron chi connectivity index (χ2n) is 9.41. The lowest BCUT2D eigenvalue weighted by Gasteiger charge is -2.08. The van der Waals surface area contributed by atoms with Crippen molar-refractivity contribution in [2.45, 2.75) is 118 Å². The summed E-state index contributed by atoms with van der Waals surface area (Å²) >= 11 is 0. The first-order valence-corrected chi connectivity index (χ1v) is 14.0. The Morgan fingerprint density at radius 3 is 1.65 bits per heavy atom. The first-order valence-electron chi connectivity index (χ1n) is 14.0. The van der Waals surface area contributed by atoms with E-state index in [1.165, 1.54) is 73.6 Å². The molecular weight excluding hydrogens is 412 g/mol. The van der Waals surface area contributed by atoms with Gasteiger partial charge in [-0.25, -0.2) is 0 Å². The number of rotatable bonds is 16. The highest BCUT2D eigenvalue weighted by Gasteiger charge is 2.04. The summed E-state index contributed by atoms with van der Waals surface area (Å²) in [6, 6.07) is 13.3. The third kappa shape index (κ3) is 9.57. The lowest BCUT2D eigenvalue weighted by molar-refractivity contribution is 0.580. The van der Waals surface area contributed by atoms with Crippen molar-refractivity contribution < 1.29 is 0 Å². The van der Waals surface area contributed by atoms with Gasteiger partial charge in [0.05, 0.1) is 17.1 Å². The fourth-order valence-corrected chi connectivity index (χ4v) is 4.63. The van der Waals surface area contributed by atoms with Crippen LogP contribution in [0.2, 0.25) is 0 Å². The van der Waals surface area contributed by atoms with Crippen molar-refractivity contribution in [2.24, 2.45) is 9.98 Å². The number of aliphatic imine (C=N–C) groups is 2. The van der Waals surface area contributed by atoms with Gasteiger partial charge in [0, 0.05) is 6.21 Å². The molecule has 0 N–H and O–H groups in total. The van der Waals surface area contributed by atoms with E-state index in [2.05, 4.69) is 71.0 Å². The van der Waals surface area contributed by atoms with E-state index in [-0.39, 0.29) is 0 Å². The van der Waals surface area contributed by atoms with Crippen LogP contribution in [0.4, 0.5) is 11.4 Å². The highest BCUT2D eigenvalue weighted by molar-refractivity contribution is 6.31. The van der Waals surface area contributed by atoms with Crippen LogP contribution in [0.5, 0.6) is 0 Å². The summed E-state index contributed by atoms with van der Waals surface area (Å²) in [5.74, 6) is 0. The van der Waals surface area contributed by atoms with Crippen LogP contribution in [0.25, 0.3) is 0 Å². The van der Waals surface area contributed by atoms with E-state index in [1.807, 2.05) is 6.21 Å².